The van der Waals surface area contributed by atoms with Gasteiger partial charge < -0.3 is 11.1 Å². The van der Waals surface area contributed by atoms with Crippen LogP contribution in [0.2, 0.25) is 0 Å². The lowest BCUT2D eigenvalue weighted by Gasteiger charge is -2.14. The Kier molecular flexibility index (Phi) is 4.11. The number of aryl methyl sites for hydroxylation is 1. The Balaban J connectivity index is 1.99. The number of carbonyl (C=O) groups is 1. The summed E-state index contributed by atoms with van der Waals surface area (Å²) in [5, 5.41) is 5.70. The fourth-order valence-electron chi connectivity index (χ4n) is 1.53. The molecule has 0 bridgehead atoms. The van der Waals surface area contributed by atoms with Crippen molar-refractivity contribution >= 4 is 28.6 Å². The summed E-state index contributed by atoms with van der Waals surface area (Å²) in [6, 6.07) is 3.05. The summed E-state index contributed by atoms with van der Waals surface area (Å²) in [4.78, 5) is 18.2. The summed E-state index contributed by atoms with van der Waals surface area (Å²) in [5.41, 5.74) is 5.90. The van der Waals surface area contributed by atoms with E-state index in [9.17, 15) is 4.79 Å². The van der Waals surface area contributed by atoms with E-state index < -0.39 is 6.04 Å². The van der Waals surface area contributed by atoms with Crippen LogP contribution >= 0.6 is 22.7 Å². The van der Waals surface area contributed by atoms with Crippen molar-refractivity contribution in [2.24, 2.45) is 5.73 Å². The average molecular weight is 281 g/mol. The number of aromatic nitrogens is 1. The van der Waals surface area contributed by atoms with Gasteiger partial charge in [0.2, 0.25) is 5.91 Å². The van der Waals surface area contributed by atoms with E-state index >= 15 is 0 Å². The van der Waals surface area contributed by atoms with Crippen LogP contribution in [0, 0.1) is 6.92 Å². The molecule has 0 aliphatic heterocycles. The first-order valence-corrected chi connectivity index (χ1v) is 7.29. The Morgan fingerprint density at radius 1 is 1.56 bits per heavy atom. The number of nitrogens with one attached hydrogen (secondary N) is 1. The number of amides is 1. The summed E-state index contributed by atoms with van der Waals surface area (Å²) < 4.78 is 0. The number of rotatable bonds is 4. The number of nitrogens with two attached hydrogens (primary N) is 1. The minimum Gasteiger partial charge on any atom is -0.345 e. The van der Waals surface area contributed by atoms with Crippen LogP contribution in [0.15, 0.2) is 23.7 Å². The van der Waals surface area contributed by atoms with Crippen LogP contribution in [-0.4, -0.2) is 10.9 Å². The molecule has 0 fully saturated rings. The molecule has 1 amide bonds. The van der Waals surface area contributed by atoms with Gasteiger partial charge in [-0.25, -0.2) is 4.98 Å². The molecule has 2 unspecified atom stereocenters. The molecule has 2 heterocycles. The first kappa shape index (κ1) is 13.2. The van der Waals surface area contributed by atoms with Gasteiger partial charge in [-0.05, 0) is 25.3 Å². The van der Waals surface area contributed by atoms with E-state index in [1.165, 1.54) is 11.3 Å². The van der Waals surface area contributed by atoms with Gasteiger partial charge in [0.1, 0.15) is 11.0 Å². The van der Waals surface area contributed by atoms with Crippen molar-refractivity contribution in [2.45, 2.75) is 25.9 Å². The molecule has 96 valence electrons. The highest BCUT2D eigenvalue weighted by Gasteiger charge is 2.20. The van der Waals surface area contributed by atoms with Gasteiger partial charge >= 0.3 is 0 Å². The lowest BCUT2D eigenvalue weighted by molar-refractivity contribution is -0.123. The smallest absolute Gasteiger partial charge is 0.242 e. The molecule has 0 aromatic carbocycles. The van der Waals surface area contributed by atoms with Crippen LogP contribution in [0.25, 0.3) is 0 Å². The van der Waals surface area contributed by atoms with E-state index in [1.807, 2.05) is 37.6 Å². The van der Waals surface area contributed by atoms with Crippen molar-refractivity contribution in [2.75, 3.05) is 0 Å². The SMILES string of the molecule is Cc1cnc(C(C)NC(=O)C(N)c2cccs2)s1. The van der Waals surface area contributed by atoms with Crippen LogP contribution in [-0.2, 0) is 4.79 Å². The summed E-state index contributed by atoms with van der Waals surface area (Å²) in [6.07, 6.45) is 1.81. The molecule has 0 saturated heterocycles. The van der Waals surface area contributed by atoms with Gasteiger partial charge in [0.25, 0.3) is 0 Å². The van der Waals surface area contributed by atoms with E-state index in [2.05, 4.69) is 10.3 Å². The zero-order valence-corrected chi connectivity index (χ0v) is 11.8. The predicted octanol–water partition coefficient (Wildman–Crippen LogP) is 2.39. The summed E-state index contributed by atoms with van der Waals surface area (Å²) in [6.45, 7) is 3.91. The number of thiophene rings is 1. The molecule has 0 spiro atoms. The van der Waals surface area contributed by atoms with Crippen LogP contribution in [0.1, 0.15) is 33.8 Å². The third-order valence-corrected chi connectivity index (χ3v) is 4.55. The quantitative estimate of drug-likeness (QED) is 0.904. The van der Waals surface area contributed by atoms with Crippen molar-refractivity contribution in [1.82, 2.24) is 10.3 Å². The maximum atomic E-state index is 12.0. The lowest BCUT2D eigenvalue weighted by atomic mass is 10.2. The second-order valence-corrected chi connectivity index (χ2v) is 6.28. The van der Waals surface area contributed by atoms with Crippen LogP contribution in [0.3, 0.4) is 0 Å². The van der Waals surface area contributed by atoms with Crippen molar-refractivity contribution in [1.29, 1.82) is 0 Å². The fourth-order valence-corrected chi connectivity index (χ4v) is 3.04. The molecular formula is C12H15N3OS2. The highest BCUT2D eigenvalue weighted by molar-refractivity contribution is 7.11. The van der Waals surface area contributed by atoms with Crippen LogP contribution < -0.4 is 11.1 Å². The molecule has 0 aliphatic carbocycles. The van der Waals surface area contributed by atoms with Crippen molar-refractivity contribution in [3.63, 3.8) is 0 Å². The molecule has 2 atom stereocenters. The molecule has 3 N–H and O–H groups in total. The predicted molar refractivity (Wildman–Crippen MR) is 74.7 cm³/mol. The first-order valence-electron chi connectivity index (χ1n) is 5.59. The van der Waals surface area contributed by atoms with Gasteiger partial charge in [-0.15, -0.1) is 22.7 Å². The molecule has 18 heavy (non-hydrogen) atoms. The van der Waals surface area contributed by atoms with Crippen LogP contribution in [0.5, 0.6) is 0 Å². The highest BCUT2D eigenvalue weighted by Crippen LogP contribution is 2.21. The molecule has 2 aromatic heterocycles. The minimum atomic E-state index is -0.603. The normalized spacial score (nSPS) is 14.2. The molecule has 4 nitrogen and oxygen atoms in total. The van der Waals surface area contributed by atoms with Gasteiger partial charge in [-0.3, -0.25) is 4.79 Å². The first-order chi connectivity index (χ1) is 8.58. The zero-order valence-electron chi connectivity index (χ0n) is 10.2. The number of nitrogens with zero attached hydrogens (tertiary/aromatic N) is 1. The van der Waals surface area contributed by atoms with Gasteiger partial charge in [-0.1, -0.05) is 6.07 Å². The largest absolute Gasteiger partial charge is 0.345 e. The molecule has 2 rings (SSSR count). The van der Waals surface area contributed by atoms with E-state index in [0.29, 0.717) is 0 Å². The second-order valence-electron chi connectivity index (χ2n) is 4.03. The van der Waals surface area contributed by atoms with Gasteiger partial charge in [0.05, 0.1) is 6.04 Å². The van der Waals surface area contributed by atoms with Gasteiger partial charge in [-0.2, -0.15) is 0 Å². The minimum absolute atomic E-state index is 0.109. The lowest BCUT2D eigenvalue weighted by Crippen LogP contribution is -2.35. The summed E-state index contributed by atoms with van der Waals surface area (Å²) in [7, 11) is 0. The van der Waals surface area contributed by atoms with E-state index in [1.54, 1.807) is 11.3 Å². The molecule has 2 aromatic rings. The number of carbonyl (C=O) groups excluding carboxylic acids is 1. The summed E-state index contributed by atoms with van der Waals surface area (Å²) >= 11 is 3.07. The van der Waals surface area contributed by atoms with Gasteiger partial charge in [0, 0.05) is 16.0 Å². The average Bonchev–Trinajstić information content (AvgIpc) is 2.98. The van der Waals surface area contributed by atoms with E-state index in [4.69, 9.17) is 5.73 Å². The van der Waals surface area contributed by atoms with Crippen molar-refractivity contribution < 1.29 is 4.79 Å². The van der Waals surface area contributed by atoms with Crippen molar-refractivity contribution in [3.05, 3.63) is 38.5 Å². The Hall–Kier alpha value is -1.24. The standard InChI is InChI=1S/C12H15N3OS2/c1-7-6-14-12(18-7)8(2)15-11(16)10(13)9-4-3-5-17-9/h3-6,8,10H,13H2,1-2H3,(H,15,16). The maximum absolute atomic E-state index is 12.0. The number of thiazole rings is 1. The monoisotopic (exact) mass is 281 g/mol. The fraction of sp³-hybridized carbons (Fsp3) is 0.333. The Bertz CT molecular complexity index is 521. The molecular weight excluding hydrogens is 266 g/mol. The molecule has 0 aliphatic rings. The molecule has 0 saturated carbocycles. The Morgan fingerprint density at radius 3 is 2.89 bits per heavy atom. The van der Waals surface area contributed by atoms with Gasteiger partial charge in [0.15, 0.2) is 0 Å². The van der Waals surface area contributed by atoms with E-state index in [0.717, 1.165) is 14.8 Å². The molecule has 6 heteroatoms. The number of hydrogen-bond acceptors (Lipinski definition) is 5. The van der Waals surface area contributed by atoms with E-state index in [-0.39, 0.29) is 11.9 Å². The summed E-state index contributed by atoms with van der Waals surface area (Å²) in [5.74, 6) is -0.169. The highest BCUT2D eigenvalue weighted by atomic mass is 32.1. The molecule has 0 radical (unpaired) electrons. The van der Waals surface area contributed by atoms with Crippen LogP contribution in [0.4, 0.5) is 0 Å². The third-order valence-electron chi connectivity index (χ3n) is 2.50. The third kappa shape index (κ3) is 2.95. The topological polar surface area (TPSA) is 68.0 Å². The Morgan fingerprint density at radius 2 is 2.33 bits per heavy atom. The maximum Gasteiger partial charge on any atom is 0.242 e. The Labute approximate surface area is 114 Å². The zero-order chi connectivity index (χ0) is 13.1. The number of hydrogen-bond donors (Lipinski definition) is 2. The van der Waals surface area contributed by atoms with Crippen molar-refractivity contribution in [3.8, 4) is 0 Å². The second kappa shape index (κ2) is 5.60.